The number of nitrogens with zero attached hydrogens (tertiary/aromatic N) is 3. The molecule has 0 bridgehead atoms. The second-order valence-corrected chi connectivity index (χ2v) is 10.8. The first-order chi connectivity index (χ1) is 17.1. The number of nitrogens with one attached hydrogen (secondary N) is 1. The molecule has 8 heteroatoms. The maximum Gasteiger partial charge on any atom is 0.228 e. The number of hydrogen-bond acceptors (Lipinski definition) is 4. The number of carbonyl (C=O) groups is 2. The van der Waals surface area contributed by atoms with Crippen LogP contribution in [0.5, 0.6) is 0 Å². The van der Waals surface area contributed by atoms with Gasteiger partial charge in [0.15, 0.2) is 17.3 Å². The predicted octanol–water partition coefficient (Wildman–Crippen LogP) is 6.02. The molecule has 0 unspecified atom stereocenters. The number of aromatic nitrogens is 3. The van der Waals surface area contributed by atoms with Crippen LogP contribution in [0.4, 0.5) is 14.6 Å². The van der Waals surface area contributed by atoms with Gasteiger partial charge in [0.2, 0.25) is 5.91 Å². The van der Waals surface area contributed by atoms with Crippen molar-refractivity contribution < 1.29 is 18.4 Å². The van der Waals surface area contributed by atoms with Gasteiger partial charge in [-0.05, 0) is 87.6 Å². The van der Waals surface area contributed by atoms with Gasteiger partial charge in [-0.1, -0.05) is 12.1 Å². The van der Waals surface area contributed by atoms with E-state index in [0.29, 0.717) is 28.9 Å². The quantitative estimate of drug-likeness (QED) is 0.390. The van der Waals surface area contributed by atoms with Crippen LogP contribution in [-0.4, -0.2) is 26.5 Å². The molecule has 2 saturated carbocycles. The average molecular weight is 493 g/mol. The van der Waals surface area contributed by atoms with Gasteiger partial charge < -0.3 is 5.32 Å². The second-order valence-electron chi connectivity index (χ2n) is 10.8. The number of ketones is 1. The third kappa shape index (κ3) is 5.08. The molecule has 6 nitrogen and oxygen atoms in total. The highest BCUT2D eigenvalue weighted by molar-refractivity contribution is 5.95. The Morgan fingerprint density at radius 2 is 1.86 bits per heavy atom. The van der Waals surface area contributed by atoms with Gasteiger partial charge in [0.05, 0.1) is 11.7 Å². The first-order valence-electron chi connectivity index (χ1n) is 12.5. The summed E-state index contributed by atoms with van der Waals surface area (Å²) in [6.45, 7) is 5.65. The molecule has 0 aliphatic heterocycles. The van der Waals surface area contributed by atoms with Crippen LogP contribution in [0.25, 0.3) is 11.1 Å². The minimum atomic E-state index is -0.638. The van der Waals surface area contributed by atoms with Crippen molar-refractivity contribution in [3.05, 3.63) is 65.1 Å². The molecule has 2 aliphatic carbocycles. The van der Waals surface area contributed by atoms with E-state index in [1.54, 1.807) is 24.4 Å². The Hall–Kier alpha value is -3.42. The predicted molar refractivity (Wildman–Crippen MR) is 133 cm³/mol. The fourth-order valence-electron chi connectivity index (χ4n) is 4.38. The Labute approximate surface area is 209 Å². The van der Waals surface area contributed by atoms with Crippen molar-refractivity contribution >= 4 is 17.5 Å². The van der Waals surface area contributed by atoms with E-state index in [4.69, 9.17) is 0 Å². The molecule has 1 amide bonds. The van der Waals surface area contributed by atoms with Gasteiger partial charge in [0.1, 0.15) is 11.6 Å². The molecule has 2 aliphatic rings. The van der Waals surface area contributed by atoms with E-state index >= 15 is 4.39 Å². The molecule has 3 aromatic rings. The van der Waals surface area contributed by atoms with Crippen molar-refractivity contribution in [3.8, 4) is 11.1 Å². The first-order valence-corrected chi connectivity index (χ1v) is 12.5. The summed E-state index contributed by atoms with van der Waals surface area (Å²) in [6, 6.07) is 6.97. The van der Waals surface area contributed by atoms with Crippen LogP contribution in [0.15, 0.2) is 36.7 Å². The molecule has 0 saturated heterocycles. The molecular weight excluding hydrogens is 462 g/mol. The SMILES string of the molecule is CC(C)(C)n1cc(F)c(C(=O)CCc2ccc(-c3ccnc(NC(=O)C4CC4)c3)c(F)c2C2CC2)n1. The normalized spacial score (nSPS) is 15.7. The first kappa shape index (κ1) is 24.3. The highest BCUT2D eigenvalue weighted by atomic mass is 19.1. The van der Waals surface area contributed by atoms with Gasteiger partial charge in [-0.2, -0.15) is 5.10 Å². The monoisotopic (exact) mass is 492 g/mol. The Morgan fingerprint density at radius 3 is 2.50 bits per heavy atom. The van der Waals surface area contributed by atoms with Crippen molar-refractivity contribution in [2.24, 2.45) is 5.92 Å². The summed E-state index contributed by atoms with van der Waals surface area (Å²) in [4.78, 5) is 29.1. The lowest BCUT2D eigenvalue weighted by atomic mass is 9.92. The maximum absolute atomic E-state index is 15.8. The van der Waals surface area contributed by atoms with Gasteiger partial charge in [0.25, 0.3) is 0 Å². The lowest BCUT2D eigenvalue weighted by Gasteiger charge is -2.18. The lowest BCUT2D eigenvalue weighted by Crippen LogP contribution is -2.22. The summed E-state index contributed by atoms with van der Waals surface area (Å²) in [6.07, 6.45) is 6.72. The third-order valence-electron chi connectivity index (χ3n) is 6.77. The summed E-state index contributed by atoms with van der Waals surface area (Å²) >= 11 is 0. The molecule has 0 spiro atoms. The van der Waals surface area contributed by atoms with Crippen LogP contribution in [0.2, 0.25) is 0 Å². The number of aryl methyl sites for hydroxylation is 1. The third-order valence-corrected chi connectivity index (χ3v) is 6.77. The van der Waals surface area contributed by atoms with Crippen molar-refractivity contribution in [2.45, 2.75) is 70.8 Å². The molecule has 5 rings (SSSR count). The highest BCUT2D eigenvalue weighted by Crippen LogP contribution is 2.45. The molecule has 2 heterocycles. The molecular formula is C28H30F2N4O2. The van der Waals surface area contributed by atoms with E-state index in [2.05, 4.69) is 15.4 Å². The lowest BCUT2D eigenvalue weighted by molar-refractivity contribution is -0.117. The number of anilines is 1. The zero-order valence-corrected chi connectivity index (χ0v) is 20.8. The number of rotatable bonds is 8. The van der Waals surface area contributed by atoms with Crippen LogP contribution in [0.3, 0.4) is 0 Å². The van der Waals surface area contributed by atoms with E-state index in [1.807, 2.05) is 26.8 Å². The topological polar surface area (TPSA) is 76.9 Å². The molecule has 0 atom stereocenters. The Balaban J connectivity index is 1.36. The van der Waals surface area contributed by atoms with Gasteiger partial charge in [0, 0.05) is 24.1 Å². The van der Waals surface area contributed by atoms with Gasteiger partial charge >= 0.3 is 0 Å². The summed E-state index contributed by atoms with van der Waals surface area (Å²) in [7, 11) is 0. The smallest absolute Gasteiger partial charge is 0.228 e. The number of carbonyl (C=O) groups excluding carboxylic acids is 2. The van der Waals surface area contributed by atoms with Gasteiger partial charge in [-0.3, -0.25) is 14.3 Å². The van der Waals surface area contributed by atoms with Crippen LogP contribution in [-0.2, 0) is 16.8 Å². The Bertz CT molecular complexity index is 1330. The van der Waals surface area contributed by atoms with E-state index in [-0.39, 0.29) is 35.7 Å². The van der Waals surface area contributed by atoms with E-state index in [9.17, 15) is 14.0 Å². The minimum Gasteiger partial charge on any atom is -0.310 e. The van der Waals surface area contributed by atoms with E-state index in [1.165, 1.54) is 10.9 Å². The fourth-order valence-corrected chi connectivity index (χ4v) is 4.38. The van der Waals surface area contributed by atoms with E-state index in [0.717, 1.165) is 31.2 Å². The summed E-state index contributed by atoms with van der Waals surface area (Å²) in [5.41, 5.74) is 1.84. The molecule has 188 valence electrons. The van der Waals surface area contributed by atoms with Crippen molar-refractivity contribution in [1.29, 1.82) is 0 Å². The Morgan fingerprint density at radius 1 is 1.11 bits per heavy atom. The number of benzene rings is 1. The summed E-state index contributed by atoms with van der Waals surface area (Å²) in [5, 5.41) is 6.97. The number of amides is 1. The highest BCUT2D eigenvalue weighted by Gasteiger charge is 2.32. The summed E-state index contributed by atoms with van der Waals surface area (Å²) < 4.78 is 31.7. The fraction of sp³-hybridized carbons (Fsp3) is 0.429. The number of pyridine rings is 1. The van der Waals surface area contributed by atoms with Crippen molar-refractivity contribution in [3.63, 3.8) is 0 Å². The zero-order valence-electron chi connectivity index (χ0n) is 20.8. The zero-order chi connectivity index (χ0) is 25.6. The molecule has 36 heavy (non-hydrogen) atoms. The van der Waals surface area contributed by atoms with Crippen molar-refractivity contribution in [1.82, 2.24) is 14.8 Å². The second kappa shape index (κ2) is 9.22. The maximum atomic E-state index is 15.8. The number of halogens is 2. The van der Waals surface area contributed by atoms with Crippen LogP contribution < -0.4 is 5.32 Å². The van der Waals surface area contributed by atoms with Crippen LogP contribution >= 0.6 is 0 Å². The Kier molecular flexibility index (Phi) is 6.22. The minimum absolute atomic E-state index is 0.0448. The van der Waals surface area contributed by atoms with Gasteiger partial charge in [-0.15, -0.1) is 0 Å². The standard InChI is InChI=1S/C28H30F2N4O2/c1-28(2,3)34-15-21(29)26(33-34)22(35)11-9-17-8-10-20(25(30)24(17)16-4-5-16)19-12-13-31-23(14-19)32-27(36)18-6-7-18/h8,10,12-16,18H,4-7,9,11H2,1-3H3,(H,31,32,36). The van der Waals surface area contributed by atoms with Gasteiger partial charge in [-0.25, -0.2) is 13.8 Å². The van der Waals surface area contributed by atoms with Crippen LogP contribution in [0.1, 0.15) is 80.4 Å². The molecule has 1 aromatic carbocycles. The van der Waals surface area contributed by atoms with Crippen LogP contribution in [0, 0.1) is 17.6 Å². The summed E-state index contributed by atoms with van der Waals surface area (Å²) in [5.74, 6) is -0.829. The molecule has 2 fully saturated rings. The van der Waals surface area contributed by atoms with Crippen molar-refractivity contribution in [2.75, 3.05) is 5.32 Å². The molecule has 1 N–H and O–H groups in total. The molecule has 2 aromatic heterocycles. The average Bonchev–Trinajstić information content (AvgIpc) is 3.74. The molecule has 0 radical (unpaired) electrons. The van der Waals surface area contributed by atoms with E-state index < -0.39 is 17.1 Å². The number of Topliss-reactive ketones (excluding diaryl/α,β-unsaturated/α-hetero) is 1. The largest absolute Gasteiger partial charge is 0.310 e. The number of hydrogen-bond donors (Lipinski definition) is 1.